The van der Waals surface area contributed by atoms with Crippen LogP contribution in [-0.4, -0.2) is 25.5 Å². The van der Waals surface area contributed by atoms with E-state index in [1.165, 1.54) is 89.9 Å². The molecule has 0 aromatic carbocycles. The first kappa shape index (κ1) is 29.7. The SMILES string of the molecule is CCCCCCCCCCCCOC(=O)OC(=O)OCCCCCCCCCCCC. The summed E-state index contributed by atoms with van der Waals surface area (Å²) in [5.41, 5.74) is 0. The Morgan fingerprint density at radius 3 is 0.968 bits per heavy atom. The van der Waals surface area contributed by atoms with E-state index in [-0.39, 0.29) is 0 Å². The maximum atomic E-state index is 11.5. The van der Waals surface area contributed by atoms with E-state index in [0.717, 1.165) is 38.5 Å². The summed E-state index contributed by atoms with van der Waals surface area (Å²) in [5, 5.41) is 0. The summed E-state index contributed by atoms with van der Waals surface area (Å²) in [6.45, 7) is 5.06. The quantitative estimate of drug-likeness (QED) is 0.0950. The van der Waals surface area contributed by atoms with E-state index in [1.54, 1.807) is 0 Å². The van der Waals surface area contributed by atoms with Crippen molar-refractivity contribution in [1.29, 1.82) is 0 Å². The smallest absolute Gasteiger partial charge is 0.434 e. The van der Waals surface area contributed by atoms with Crippen LogP contribution in [0.2, 0.25) is 0 Å². The molecule has 0 N–H and O–H groups in total. The van der Waals surface area contributed by atoms with Crippen molar-refractivity contribution in [3.05, 3.63) is 0 Å². The molecule has 0 amide bonds. The second-order valence-electron chi connectivity index (χ2n) is 8.66. The van der Waals surface area contributed by atoms with Crippen LogP contribution in [0.3, 0.4) is 0 Å². The lowest BCUT2D eigenvalue weighted by molar-refractivity contribution is 0.0353. The molecular formula is C26H50O5. The second-order valence-corrected chi connectivity index (χ2v) is 8.66. The molecule has 0 radical (unpaired) electrons. The van der Waals surface area contributed by atoms with Crippen molar-refractivity contribution >= 4 is 12.3 Å². The average molecular weight is 443 g/mol. The van der Waals surface area contributed by atoms with Crippen LogP contribution in [0, 0.1) is 0 Å². The summed E-state index contributed by atoms with van der Waals surface area (Å²) in [4.78, 5) is 22.9. The minimum Gasteiger partial charge on any atom is -0.434 e. The summed E-state index contributed by atoms with van der Waals surface area (Å²) in [6.07, 6.45) is 22.5. The highest BCUT2D eigenvalue weighted by Gasteiger charge is 2.12. The van der Waals surface area contributed by atoms with Crippen molar-refractivity contribution in [2.75, 3.05) is 13.2 Å². The third-order valence-corrected chi connectivity index (χ3v) is 5.60. The molecule has 0 fully saturated rings. The van der Waals surface area contributed by atoms with Crippen molar-refractivity contribution in [3.8, 4) is 0 Å². The van der Waals surface area contributed by atoms with Crippen LogP contribution in [0.15, 0.2) is 0 Å². The molecule has 0 saturated heterocycles. The van der Waals surface area contributed by atoms with Crippen LogP contribution in [0.25, 0.3) is 0 Å². The average Bonchev–Trinajstić information content (AvgIpc) is 2.75. The number of carbonyl (C=O) groups excluding carboxylic acids is 2. The van der Waals surface area contributed by atoms with E-state index < -0.39 is 12.3 Å². The van der Waals surface area contributed by atoms with Gasteiger partial charge in [-0.15, -0.1) is 0 Å². The van der Waals surface area contributed by atoms with Gasteiger partial charge in [0.25, 0.3) is 0 Å². The minimum atomic E-state index is -0.955. The molecule has 0 aliphatic heterocycles. The monoisotopic (exact) mass is 442 g/mol. The van der Waals surface area contributed by atoms with Gasteiger partial charge in [0.15, 0.2) is 0 Å². The molecule has 184 valence electrons. The molecule has 31 heavy (non-hydrogen) atoms. The zero-order chi connectivity index (χ0) is 22.8. The highest BCUT2D eigenvalue weighted by molar-refractivity contribution is 5.76. The van der Waals surface area contributed by atoms with Gasteiger partial charge in [-0.2, -0.15) is 0 Å². The third-order valence-electron chi connectivity index (χ3n) is 5.60. The van der Waals surface area contributed by atoms with E-state index in [9.17, 15) is 9.59 Å². The van der Waals surface area contributed by atoms with Gasteiger partial charge < -0.3 is 14.2 Å². The predicted molar refractivity (Wildman–Crippen MR) is 127 cm³/mol. The van der Waals surface area contributed by atoms with E-state index in [0.29, 0.717) is 13.2 Å². The lowest BCUT2D eigenvalue weighted by atomic mass is 10.1. The van der Waals surface area contributed by atoms with Gasteiger partial charge in [-0.1, -0.05) is 129 Å². The fourth-order valence-electron chi connectivity index (χ4n) is 3.62. The van der Waals surface area contributed by atoms with Crippen LogP contribution in [0.4, 0.5) is 9.59 Å². The topological polar surface area (TPSA) is 61.8 Å². The Morgan fingerprint density at radius 1 is 0.419 bits per heavy atom. The number of ether oxygens (including phenoxy) is 3. The van der Waals surface area contributed by atoms with Crippen molar-refractivity contribution in [1.82, 2.24) is 0 Å². The van der Waals surface area contributed by atoms with Gasteiger partial charge >= 0.3 is 12.3 Å². The third kappa shape index (κ3) is 24.9. The zero-order valence-corrected chi connectivity index (χ0v) is 20.6. The molecule has 0 spiro atoms. The number of unbranched alkanes of at least 4 members (excludes halogenated alkanes) is 18. The van der Waals surface area contributed by atoms with E-state index in [2.05, 4.69) is 18.6 Å². The molecule has 5 heteroatoms. The summed E-state index contributed by atoms with van der Waals surface area (Å²) >= 11 is 0. The Labute approximate surface area is 192 Å². The molecule has 0 bridgehead atoms. The van der Waals surface area contributed by atoms with Gasteiger partial charge in [0.2, 0.25) is 0 Å². The first-order valence-corrected chi connectivity index (χ1v) is 13.2. The molecular weight excluding hydrogens is 392 g/mol. The molecule has 0 aliphatic carbocycles. The number of hydrogen-bond acceptors (Lipinski definition) is 5. The van der Waals surface area contributed by atoms with E-state index in [4.69, 9.17) is 9.47 Å². The second kappa shape index (κ2) is 25.0. The molecule has 0 unspecified atom stereocenters. The fraction of sp³-hybridized carbons (Fsp3) is 0.923. The van der Waals surface area contributed by atoms with Crippen LogP contribution in [0.5, 0.6) is 0 Å². The Hall–Kier alpha value is -1.26. The lowest BCUT2D eigenvalue weighted by Gasteiger charge is -2.06. The summed E-state index contributed by atoms with van der Waals surface area (Å²) in [5.74, 6) is 0. The molecule has 0 rings (SSSR count). The number of hydrogen-bond donors (Lipinski definition) is 0. The molecule has 0 aromatic rings. The van der Waals surface area contributed by atoms with Gasteiger partial charge in [0.05, 0.1) is 13.2 Å². The first-order valence-electron chi connectivity index (χ1n) is 13.2. The van der Waals surface area contributed by atoms with Crippen LogP contribution >= 0.6 is 0 Å². The van der Waals surface area contributed by atoms with Gasteiger partial charge in [-0.3, -0.25) is 0 Å². The Bertz CT molecular complexity index is 361. The molecule has 0 heterocycles. The van der Waals surface area contributed by atoms with Gasteiger partial charge in [-0.25, -0.2) is 9.59 Å². The fourth-order valence-corrected chi connectivity index (χ4v) is 3.62. The first-order chi connectivity index (χ1) is 15.2. The van der Waals surface area contributed by atoms with E-state index >= 15 is 0 Å². The Balaban J connectivity index is 3.31. The highest BCUT2D eigenvalue weighted by Crippen LogP contribution is 2.11. The summed E-state index contributed by atoms with van der Waals surface area (Å²) in [6, 6.07) is 0. The van der Waals surface area contributed by atoms with Crippen molar-refractivity contribution in [2.45, 2.75) is 142 Å². The van der Waals surface area contributed by atoms with Crippen molar-refractivity contribution in [2.24, 2.45) is 0 Å². The van der Waals surface area contributed by atoms with Gasteiger partial charge in [0.1, 0.15) is 0 Å². The van der Waals surface area contributed by atoms with Crippen molar-refractivity contribution in [3.63, 3.8) is 0 Å². The number of rotatable bonds is 22. The van der Waals surface area contributed by atoms with Crippen molar-refractivity contribution < 1.29 is 23.8 Å². The van der Waals surface area contributed by atoms with E-state index in [1.807, 2.05) is 0 Å². The Morgan fingerprint density at radius 2 is 0.677 bits per heavy atom. The summed E-state index contributed by atoms with van der Waals surface area (Å²) < 4.78 is 14.4. The van der Waals surface area contributed by atoms with Crippen LogP contribution in [0.1, 0.15) is 142 Å². The Kier molecular flexibility index (Phi) is 24.0. The zero-order valence-electron chi connectivity index (χ0n) is 20.6. The largest absolute Gasteiger partial charge is 0.518 e. The maximum absolute atomic E-state index is 11.5. The molecule has 5 nitrogen and oxygen atoms in total. The normalized spacial score (nSPS) is 10.8. The molecule has 0 atom stereocenters. The highest BCUT2D eigenvalue weighted by atomic mass is 16.8. The molecule has 0 aromatic heterocycles. The predicted octanol–water partition coefficient (Wildman–Crippen LogP) is 9.12. The standard InChI is InChI=1S/C26H50O5/c1-3-5-7-9-11-13-15-17-19-21-23-29-25(27)31-26(28)30-24-22-20-18-16-14-12-10-8-6-4-2/h3-24H2,1-2H3. The maximum Gasteiger partial charge on any atom is 0.518 e. The minimum absolute atomic E-state index is 0.293. The number of carbonyl (C=O) groups is 2. The molecule has 0 saturated carbocycles. The molecule has 0 aliphatic rings. The summed E-state index contributed by atoms with van der Waals surface area (Å²) in [7, 11) is 0. The van der Waals surface area contributed by atoms with Gasteiger partial charge in [0, 0.05) is 0 Å². The lowest BCUT2D eigenvalue weighted by Crippen LogP contribution is -2.16. The van der Waals surface area contributed by atoms with Crippen LogP contribution in [-0.2, 0) is 14.2 Å². The van der Waals surface area contributed by atoms with Crippen LogP contribution < -0.4 is 0 Å². The van der Waals surface area contributed by atoms with Gasteiger partial charge in [-0.05, 0) is 12.8 Å².